The van der Waals surface area contributed by atoms with Crippen molar-refractivity contribution >= 4 is 34.0 Å². The third kappa shape index (κ3) is 4.34. The Bertz CT molecular complexity index is 1150. The van der Waals surface area contributed by atoms with Crippen LogP contribution in [0.1, 0.15) is 12.0 Å². The predicted octanol–water partition coefficient (Wildman–Crippen LogP) is 5.15. The van der Waals surface area contributed by atoms with Gasteiger partial charge in [-0.15, -0.1) is 0 Å². The molecule has 0 saturated heterocycles. The number of hydrogen-bond donors (Lipinski definition) is 2. The van der Waals surface area contributed by atoms with Crippen LogP contribution in [0.3, 0.4) is 0 Å². The number of benzene rings is 2. The predicted molar refractivity (Wildman–Crippen MR) is 113 cm³/mol. The zero-order valence-electron chi connectivity index (χ0n) is 15.4. The highest BCUT2D eigenvalue weighted by atomic mass is 35.5. The van der Waals surface area contributed by atoms with Crippen molar-refractivity contribution in [2.45, 2.75) is 12.8 Å². The number of nitrogens with zero attached hydrogens (tertiary/aromatic N) is 3. The van der Waals surface area contributed by atoms with E-state index in [1.165, 1.54) is 12.1 Å². The third-order valence-electron chi connectivity index (χ3n) is 4.49. The van der Waals surface area contributed by atoms with Gasteiger partial charge in [0, 0.05) is 35.6 Å². The molecule has 0 unspecified atom stereocenters. The van der Waals surface area contributed by atoms with E-state index in [0.29, 0.717) is 23.8 Å². The number of pyridine rings is 1. The van der Waals surface area contributed by atoms with Crippen molar-refractivity contribution in [1.29, 1.82) is 0 Å². The molecule has 0 saturated carbocycles. The fourth-order valence-electron chi connectivity index (χ4n) is 3.04. The fourth-order valence-corrected chi connectivity index (χ4v) is 3.22. The van der Waals surface area contributed by atoms with Gasteiger partial charge in [-0.1, -0.05) is 17.7 Å². The molecular weight excluding hydrogens is 391 g/mol. The van der Waals surface area contributed by atoms with Crippen LogP contribution in [0.15, 0.2) is 60.9 Å². The summed E-state index contributed by atoms with van der Waals surface area (Å²) < 4.78 is 13.5. The van der Waals surface area contributed by atoms with Crippen molar-refractivity contribution < 1.29 is 9.50 Å². The molecule has 146 valence electrons. The normalized spacial score (nSPS) is 11.0. The Balaban J connectivity index is 1.82. The first-order valence-electron chi connectivity index (χ1n) is 9.18. The Morgan fingerprint density at radius 2 is 1.97 bits per heavy atom. The number of aliphatic hydroxyl groups is 1. The van der Waals surface area contributed by atoms with Crippen LogP contribution < -0.4 is 5.32 Å². The lowest BCUT2D eigenvalue weighted by Crippen LogP contribution is -2.00. The summed E-state index contributed by atoms with van der Waals surface area (Å²) in [5.74, 6) is 0.639. The highest BCUT2D eigenvalue weighted by molar-refractivity contribution is 6.31. The first kappa shape index (κ1) is 19.2. The maximum Gasteiger partial charge on any atom is 0.163 e. The van der Waals surface area contributed by atoms with E-state index < -0.39 is 5.82 Å². The van der Waals surface area contributed by atoms with Gasteiger partial charge < -0.3 is 10.4 Å². The van der Waals surface area contributed by atoms with Crippen LogP contribution in [0, 0.1) is 5.82 Å². The maximum absolute atomic E-state index is 13.5. The second-order valence-corrected chi connectivity index (χ2v) is 6.98. The van der Waals surface area contributed by atoms with Crippen LogP contribution in [0.25, 0.3) is 22.3 Å². The van der Waals surface area contributed by atoms with E-state index in [2.05, 4.69) is 15.3 Å². The molecule has 0 amide bonds. The van der Waals surface area contributed by atoms with E-state index >= 15 is 0 Å². The van der Waals surface area contributed by atoms with Gasteiger partial charge in [0.15, 0.2) is 5.82 Å². The molecule has 0 aliphatic carbocycles. The standard InChI is InChI=1S/C22H18ClFN4O/c23-18-12-16(6-8-19(18)24)26-22-17-7-5-14(3-2-10-29)11-20(17)27-21(28-22)15-4-1-9-25-13-15/h1,4-9,11-13,29H,2-3,10H2,(H,26,27,28). The second kappa shape index (κ2) is 8.51. The Hall–Kier alpha value is -3.09. The Morgan fingerprint density at radius 3 is 2.72 bits per heavy atom. The molecule has 2 N–H and O–H groups in total. The molecule has 4 rings (SSSR count). The number of hydrogen-bond acceptors (Lipinski definition) is 5. The van der Waals surface area contributed by atoms with Crippen molar-refractivity contribution in [1.82, 2.24) is 15.0 Å². The summed E-state index contributed by atoms with van der Waals surface area (Å²) in [6.45, 7) is 0.140. The van der Waals surface area contributed by atoms with Gasteiger partial charge in [-0.25, -0.2) is 14.4 Å². The molecule has 0 aliphatic rings. The third-order valence-corrected chi connectivity index (χ3v) is 4.78. The summed E-state index contributed by atoms with van der Waals surface area (Å²) in [7, 11) is 0. The van der Waals surface area contributed by atoms with E-state index in [0.717, 1.165) is 28.5 Å². The first-order chi connectivity index (χ1) is 14.1. The zero-order valence-corrected chi connectivity index (χ0v) is 16.2. The molecule has 0 bridgehead atoms. The largest absolute Gasteiger partial charge is 0.396 e. The maximum atomic E-state index is 13.5. The number of anilines is 2. The molecule has 2 heterocycles. The highest BCUT2D eigenvalue weighted by Gasteiger charge is 2.12. The van der Waals surface area contributed by atoms with E-state index in [4.69, 9.17) is 21.7 Å². The smallest absolute Gasteiger partial charge is 0.163 e. The molecule has 2 aromatic carbocycles. The number of fused-ring (bicyclic) bond motifs is 1. The number of halogens is 2. The highest BCUT2D eigenvalue weighted by Crippen LogP contribution is 2.29. The molecule has 5 nitrogen and oxygen atoms in total. The van der Waals surface area contributed by atoms with Gasteiger partial charge in [0.25, 0.3) is 0 Å². The number of aromatic nitrogens is 3. The average molecular weight is 409 g/mol. The molecule has 4 aromatic rings. The van der Waals surface area contributed by atoms with Crippen molar-refractivity contribution in [2.24, 2.45) is 0 Å². The Labute approximate surface area is 172 Å². The van der Waals surface area contributed by atoms with Gasteiger partial charge in [0.1, 0.15) is 11.6 Å². The van der Waals surface area contributed by atoms with Crippen molar-refractivity contribution in [3.05, 3.63) is 77.3 Å². The molecular formula is C22H18ClFN4O. The van der Waals surface area contributed by atoms with Gasteiger partial charge in [-0.3, -0.25) is 4.98 Å². The van der Waals surface area contributed by atoms with Crippen molar-refractivity contribution in [2.75, 3.05) is 11.9 Å². The van der Waals surface area contributed by atoms with Crippen molar-refractivity contribution in [3.63, 3.8) is 0 Å². The van der Waals surface area contributed by atoms with Crippen LogP contribution in [0.4, 0.5) is 15.9 Å². The van der Waals surface area contributed by atoms with Crippen LogP contribution in [-0.2, 0) is 6.42 Å². The molecule has 0 spiro atoms. The van der Waals surface area contributed by atoms with Gasteiger partial charge in [0.2, 0.25) is 0 Å². The molecule has 0 fully saturated rings. The van der Waals surface area contributed by atoms with E-state index in [1.54, 1.807) is 18.5 Å². The van der Waals surface area contributed by atoms with E-state index in [1.807, 2.05) is 30.3 Å². The summed E-state index contributed by atoms with van der Waals surface area (Å²) in [5, 5.41) is 13.2. The minimum absolute atomic E-state index is 0.0344. The zero-order chi connectivity index (χ0) is 20.2. The van der Waals surface area contributed by atoms with Crippen LogP contribution in [0.5, 0.6) is 0 Å². The van der Waals surface area contributed by atoms with Gasteiger partial charge in [0.05, 0.1) is 10.5 Å². The van der Waals surface area contributed by atoms with Crippen molar-refractivity contribution in [3.8, 4) is 11.4 Å². The van der Waals surface area contributed by atoms with Gasteiger partial charge in [-0.05, 0) is 60.9 Å². The lowest BCUT2D eigenvalue weighted by molar-refractivity contribution is 0.288. The topological polar surface area (TPSA) is 70.9 Å². The average Bonchev–Trinajstić information content (AvgIpc) is 2.75. The molecule has 29 heavy (non-hydrogen) atoms. The quantitative estimate of drug-likeness (QED) is 0.461. The lowest BCUT2D eigenvalue weighted by atomic mass is 10.1. The molecule has 0 aliphatic heterocycles. The van der Waals surface area contributed by atoms with E-state index in [-0.39, 0.29) is 11.6 Å². The number of rotatable bonds is 6. The molecule has 0 atom stereocenters. The lowest BCUT2D eigenvalue weighted by Gasteiger charge is -2.12. The molecule has 2 aromatic heterocycles. The number of nitrogens with one attached hydrogen (secondary N) is 1. The SMILES string of the molecule is OCCCc1ccc2c(Nc3ccc(F)c(Cl)c3)nc(-c3cccnc3)nc2c1. The Morgan fingerprint density at radius 1 is 1.07 bits per heavy atom. The second-order valence-electron chi connectivity index (χ2n) is 6.57. The van der Waals surface area contributed by atoms with Crippen LogP contribution in [-0.4, -0.2) is 26.7 Å². The summed E-state index contributed by atoms with van der Waals surface area (Å²) in [6.07, 6.45) is 4.84. The minimum atomic E-state index is -0.477. The summed E-state index contributed by atoms with van der Waals surface area (Å²) in [4.78, 5) is 13.5. The van der Waals surface area contributed by atoms with Crippen LogP contribution >= 0.6 is 11.6 Å². The minimum Gasteiger partial charge on any atom is -0.396 e. The first-order valence-corrected chi connectivity index (χ1v) is 9.56. The molecule has 0 radical (unpaired) electrons. The number of aryl methyl sites for hydroxylation is 1. The number of aliphatic hydroxyl groups excluding tert-OH is 1. The van der Waals surface area contributed by atoms with E-state index in [9.17, 15) is 4.39 Å². The Kier molecular flexibility index (Phi) is 5.64. The summed E-state index contributed by atoms with van der Waals surface area (Å²) in [5.41, 5.74) is 3.26. The van der Waals surface area contributed by atoms with Crippen LogP contribution in [0.2, 0.25) is 5.02 Å². The fraction of sp³-hybridized carbons (Fsp3) is 0.136. The van der Waals surface area contributed by atoms with Gasteiger partial charge in [-0.2, -0.15) is 0 Å². The monoisotopic (exact) mass is 408 g/mol. The summed E-state index contributed by atoms with van der Waals surface area (Å²) in [6, 6.07) is 14.1. The summed E-state index contributed by atoms with van der Waals surface area (Å²) >= 11 is 5.92. The molecule has 7 heteroatoms. The van der Waals surface area contributed by atoms with Gasteiger partial charge >= 0.3 is 0 Å².